The first-order valence-electron chi connectivity index (χ1n) is 6.19. The summed E-state index contributed by atoms with van der Waals surface area (Å²) in [6.07, 6.45) is 1.72. The molecule has 0 bridgehead atoms. The van der Waals surface area contributed by atoms with Crippen molar-refractivity contribution >= 4 is 15.7 Å². The molecule has 0 radical (unpaired) electrons. The first-order valence-corrected chi connectivity index (χ1v) is 7.68. The molecule has 7 nitrogen and oxygen atoms in total. The first kappa shape index (κ1) is 14.9. The number of nitrogens with one attached hydrogen (secondary N) is 1. The summed E-state index contributed by atoms with van der Waals surface area (Å²) in [5, 5.41) is 20.9. The number of aliphatic hydroxyl groups is 1. The third-order valence-corrected chi connectivity index (χ3v) is 4.88. The van der Waals surface area contributed by atoms with Crippen LogP contribution in [0.25, 0.3) is 0 Å². The highest BCUT2D eigenvalue weighted by Gasteiger charge is 2.40. The normalized spacial score (nSPS) is 18.5. The monoisotopic (exact) mass is 300 g/mol. The van der Waals surface area contributed by atoms with Crippen molar-refractivity contribution in [3.8, 4) is 0 Å². The molecule has 1 atom stereocenters. The van der Waals surface area contributed by atoms with Gasteiger partial charge in [0.15, 0.2) is 4.90 Å². The molecule has 1 aliphatic rings. The lowest BCUT2D eigenvalue weighted by atomic mass is 10.0. The molecule has 2 N–H and O–H groups in total. The van der Waals surface area contributed by atoms with Crippen LogP contribution in [0.15, 0.2) is 29.2 Å². The fourth-order valence-corrected chi connectivity index (χ4v) is 3.32. The van der Waals surface area contributed by atoms with Crippen LogP contribution in [0.4, 0.5) is 5.69 Å². The molecule has 1 aromatic rings. The molecule has 20 heavy (non-hydrogen) atoms. The smallest absolute Gasteiger partial charge is 0.289 e. The van der Waals surface area contributed by atoms with Gasteiger partial charge in [0.25, 0.3) is 5.69 Å². The van der Waals surface area contributed by atoms with Crippen LogP contribution in [0.2, 0.25) is 0 Å². The van der Waals surface area contributed by atoms with Gasteiger partial charge in [0, 0.05) is 12.6 Å². The fourth-order valence-electron chi connectivity index (χ4n) is 2.00. The van der Waals surface area contributed by atoms with Crippen LogP contribution in [-0.4, -0.2) is 30.6 Å². The minimum absolute atomic E-state index is 0.0796. The van der Waals surface area contributed by atoms with Crippen LogP contribution < -0.4 is 4.72 Å². The van der Waals surface area contributed by atoms with Crippen LogP contribution >= 0.6 is 0 Å². The zero-order valence-corrected chi connectivity index (χ0v) is 11.8. The molecule has 2 rings (SSSR count). The molecule has 1 aromatic carbocycles. The molecule has 1 aliphatic carbocycles. The maximum absolute atomic E-state index is 12.1. The van der Waals surface area contributed by atoms with Gasteiger partial charge in [0.1, 0.15) is 0 Å². The standard InChI is InChI=1S/C12H16N2O5S/c1-12(15,9-6-7-9)8-13-20(18,19)11-5-3-2-4-10(11)14(16)17/h2-5,9,13,15H,6-8H2,1H3. The Hall–Kier alpha value is -1.51. The number of sulfonamides is 1. The van der Waals surface area contributed by atoms with Gasteiger partial charge >= 0.3 is 0 Å². The zero-order valence-electron chi connectivity index (χ0n) is 10.9. The molecule has 0 amide bonds. The minimum Gasteiger partial charge on any atom is -0.389 e. The molecule has 0 heterocycles. The highest BCUT2D eigenvalue weighted by molar-refractivity contribution is 7.89. The van der Waals surface area contributed by atoms with Gasteiger partial charge in [-0.2, -0.15) is 0 Å². The van der Waals surface area contributed by atoms with Gasteiger partial charge in [-0.05, 0) is 31.7 Å². The van der Waals surface area contributed by atoms with Gasteiger partial charge in [0.2, 0.25) is 10.0 Å². The number of hydrogen-bond donors (Lipinski definition) is 2. The third kappa shape index (κ3) is 3.14. The molecule has 0 spiro atoms. The van der Waals surface area contributed by atoms with Crippen molar-refractivity contribution in [1.29, 1.82) is 0 Å². The number of benzene rings is 1. The Kier molecular flexibility index (Phi) is 3.81. The van der Waals surface area contributed by atoms with Gasteiger partial charge in [-0.25, -0.2) is 13.1 Å². The average Bonchev–Trinajstić information content (AvgIpc) is 3.21. The summed E-state index contributed by atoms with van der Waals surface area (Å²) in [5.41, 5.74) is -1.61. The van der Waals surface area contributed by atoms with Gasteiger partial charge in [-0.1, -0.05) is 12.1 Å². The second-order valence-corrected chi connectivity index (χ2v) is 6.92. The minimum atomic E-state index is -4.03. The van der Waals surface area contributed by atoms with Gasteiger partial charge in [-0.3, -0.25) is 10.1 Å². The Morgan fingerprint density at radius 3 is 2.60 bits per heavy atom. The molecule has 110 valence electrons. The van der Waals surface area contributed by atoms with Crippen molar-refractivity contribution in [1.82, 2.24) is 4.72 Å². The van der Waals surface area contributed by atoms with E-state index in [1.165, 1.54) is 18.2 Å². The van der Waals surface area contributed by atoms with E-state index in [2.05, 4.69) is 4.72 Å². The number of para-hydroxylation sites is 1. The van der Waals surface area contributed by atoms with Crippen LogP contribution in [0.1, 0.15) is 19.8 Å². The number of hydrogen-bond acceptors (Lipinski definition) is 5. The van der Waals surface area contributed by atoms with E-state index >= 15 is 0 Å². The fraction of sp³-hybridized carbons (Fsp3) is 0.500. The maximum Gasteiger partial charge on any atom is 0.289 e. The van der Waals surface area contributed by atoms with E-state index in [-0.39, 0.29) is 12.5 Å². The Balaban J connectivity index is 2.20. The van der Waals surface area contributed by atoms with Crippen molar-refractivity contribution in [2.75, 3.05) is 6.54 Å². The lowest BCUT2D eigenvalue weighted by Crippen LogP contribution is -2.42. The van der Waals surface area contributed by atoms with Crippen LogP contribution in [0.5, 0.6) is 0 Å². The highest BCUT2D eigenvalue weighted by atomic mass is 32.2. The van der Waals surface area contributed by atoms with Crippen molar-refractivity contribution in [2.24, 2.45) is 5.92 Å². The molecule has 8 heteroatoms. The predicted octanol–water partition coefficient (Wildman–Crippen LogP) is 1.03. The summed E-state index contributed by atoms with van der Waals surface area (Å²) in [7, 11) is -4.03. The van der Waals surface area contributed by atoms with E-state index in [1.54, 1.807) is 6.92 Å². The lowest BCUT2D eigenvalue weighted by Gasteiger charge is -2.23. The summed E-state index contributed by atoms with van der Waals surface area (Å²) in [6.45, 7) is 1.40. The van der Waals surface area contributed by atoms with Crippen LogP contribution in [0.3, 0.4) is 0 Å². The number of nitro benzene ring substituents is 1. The zero-order chi connectivity index (χ0) is 15.0. The van der Waals surface area contributed by atoms with Crippen LogP contribution in [-0.2, 0) is 10.0 Å². The number of rotatable bonds is 6. The first-order chi connectivity index (χ1) is 9.24. The predicted molar refractivity (Wildman–Crippen MR) is 71.6 cm³/mol. The Morgan fingerprint density at radius 2 is 2.05 bits per heavy atom. The van der Waals surface area contributed by atoms with Crippen molar-refractivity contribution in [2.45, 2.75) is 30.3 Å². The molecular formula is C12H16N2O5S. The maximum atomic E-state index is 12.1. The van der Waals surface area contributed by atoms with E-state index in [0.29, 0.717) is 0 Å². The second kappa shape index (κ2) is 5.12. The van der Waals surface area contributed by atoms with Crippen molar-refractivity contribution in [3.05, 3.63) is 34.4 Å². The molecule has 0 aromatic heterocycles. The SMILES string of the molecule is CC(O)(CNS(=O)(=O)c1ccccc1[N+](=O)[O-])C1CC1. The molecule has 1 fully saturated rings. The van der Waals surface area contributed by atoms with Crippen molar-refractivity contribution < 1.29 is 18.4 Å². The van der Waals surface area contributed by atoms with E-state index in [9.17, 15) is 23.6 Å². The lowest BCUT2D eigenvalue weighted by molar-refractivity contribution is -0.387. The quantitative estimate of drug-likeness (QED) is 0.602. The van der Waals surface area contributed by atoms with Gasteiger partial charge in [0.05, 0.1) is 10.5 Å². The van der Waals surface area contributed by atoms with E-state index in [0.717, 1.165) is 18.9 Å². The van der Waals surface area contributed by atoms with E-state index in [1.807, 2.05) is 0 Å². The summed E-state index contributed by atoms with van der Waals surface area (Å²) < 4.78 is 26.5. The second-order valence-electron chi connectivity index (χ2n) is 5.18. The van der Waals surface area contributed by atoms with Gasteiger partial charge < -0.3 is 5.11 Å². The number of nitrogens with zero attached hydrogens (tertiary/aromatic N) is 1. The van der Waals surface area contributed by atoms with Crippen molar-refractivity contribution in [3.63, 3.8) is 0 Å². The Morgan fingerprint density at radius 1 is 1.45 bits per heavy atom. The third-order valence-electron chi connectivity index (χ3n) is 3.43. The van der Waals surface area contributed by atoms with E-state index < -0.39 is 31.1 Å². The molecular weight excluding hydrogens is 284 g/mol. The Bertz CT molecular complexity index is 622. The molecule has 0 saturated heterocycles. The van der Waals surface area contributed by atoms with Gasteiger partial charge in [-0.15, -0.1) is 0 Å². The molecule has 1 saturated carbocycles. The summed E-state index contributed by atoms with van der Waals surface area (Å²) >= 11 is 0. The summed E-state index contributed by atoms with van der Waals surface area (Å²) in [5.74, 6) is 0.0796. The topological polar surface area (TPSA) is 110 Å². The van der Waals surface area contributed by atoms with E-state index in [4.69, 9.17) is 0 Å². The average molecular weight is 300 g/mol. The van der Waals surface area contributed by atoms with Crippen LogP contribution in [0, 0.1) is 16.0 Å². The summed E-state index contributed by atoms with van der Waals surface area (Å²) in [4.78, 5) is 9.72. The number of nitro groups is 1. The molecule has 1 unspecified atom stereocenters. The Labute approximate surface area is 116 Å². The largest absolute Gasteiger partial charge is 0.389 e. The highest BCUT2D eigenvalue weighted by Crippen LogP contribution is 2.39. The summed E-state index contributed by atoms with van der Waals surface area (Å²) in [6, 6.07) is 5.12. The molecule has 0 aliphatic heterocycles.